The quantitative estimate of drug-likeness (QED) is 0.797. The topological polar surface area (TPSA) is 46.6 Å². The van der Waals surface area contributed by atoms with Gasteiger partial charge in [-0.3, -0.25) is 9.59 Å². The normalized spacial score (nSPS) is 15.1. The minimum Gasteiger partial charge on any atom is -0.483 e. The lowest BCUT2D eigenvalue weighted by molar-refractivity contribution is -0.134. The molecule has 102 valence electrons. The first-order chi connectivity index (χ1) is 9.22. The molecule has 0 radical (unpaired) electrons. The van der Waals surface area contributed by atoms with Gasteiger partial charge in [-0.25, -0.2) is 0 Å². The van der Waals surface area contributed by atoms with E-state index in [0.717, 1.165) is 25.9 Å². The van der Waals surface area contributed by atoms with Crippen LogP contribution in [0.3, 0.4) is 0 Å². The molecule has 1 heterocycles. The van der Waals surface area contributed by atoms with Gasteiger partial charge in [0.05, 0.1) is 10.6 Å². The summed E-state index contributed by atoms with van der Waals surface area (Å²) in [6, 6.07) is 4.94. The molecule has 1 aromatic carbocycles. The van der Waals surface area contributed by atoms with Crippen molar-refractivity contribution in [1.82, 2.24) is 4.90 Å². The van der Waals surface area contributed by atoms with E-state index in [0.29, 0.717) is 17.1 Å². The molecule has 1 aromatic rings. The van der Waals surface area contributed by atoms with Gasteiger partial charge in [0.15, 0.2) is 12.9 Å². The number of rotatable bonds is 4. The van der Waals surface area contributed by atoms with Gasteiger partial charge >= 0.3 is 0 Å². The van der Waals surface area contributed by atoms with Gasteiger partial charge in [0.1, 0.15) is 5.75 Å². The monoisotopic (exact) mass is 281 g/mol. The Hall–Kier alpha value is -1.55. The third-order valence-corrected chi connectivity index (χ3v) is 3.52. The Morgan fingerprint density at radius 2 is 2.05 bits per heavy atom. The molecule has 1 amide bonds. The predicted molar refractivity (Wildman–Crippen MR) is 72.8 cm³/mol. The highest BCUT2D eigenvalue weighted by atomic mass is 35.5. The van der Waals surface area contributed by atoms with Crippen LogP contribution in [-0.2, 0) is 4.79 Å². The van der Waals surface area contributed by atoms with Crippen molar-refractivity contribution in [2.75, 3.05) is 19.7 Å². The summed E-state index contributed by atoms with van der Waals surface area (Å²) >= 11 is 5.89. The van der Waals surface area contributed by atoms with E-state index in [1.54, 1.807) is 23.1 Å². The molecule has 0 unspecified atom stereocenters. The van der Waals surface area contributed by atoms with Crippen LogP contribution >= 0.6 is 11.6 Å². The zero-order valence-electron chi connectivity index (χ0n) is 10.6. The van der Waals surface area contributed by atoms with Gasteiger partial charge in [0.2, 0.25) is 0 Å². The Bertz CT molecular complexity index is 470. The summed E-state index contributed by atoms with van der Waals surface area (Å²) < 4.78 is 5.42. The van der Waals surface area contributed by atoms with Crippen LogP contribution in [0.2, 0.25) is 5.02 Å². The molecule has 5 heteroatoms. The molecular formula is C14H16ClNO3. The zero-order chi connectivity index (χ0) is 13.7. The molecule has 0 bridgehead atoms. The summed E-state index contributed by atoms with van der Waals surface area (Å²) in [6.45, 7) is 1.53. The van der Waals surface area contributed by atoms with Gasteiger partial charge in [0.25, 0.3) is 5.91 Å². The minimum atomic E-state index is -0.0544. The van der Waals surface area contributed by atoms with E-state index in [4.69, 9.17) is 16.3 Å². The second kappa shape index (κ2) is 6.57. The largest absolute Gasteiger partial charge is 0.483 e. The van der Waals surface area contributed by atoms with Crippen LogP contribution in [0.5, 0.6) is 5.75 Å². The average molecular weight is 282 g/mol. The van der Waals surface area contributed by atoms with E-state index < -0.39 is 0 Å². The van der Waals surface area contributed by atoms with Crippen molar-refractivity contribution < 1.29 is 14.3 Å². The minimum absolute atomic E-state index is 0.0449. The molecular weight excluding hydrogens is 266 g/mol. The molecule has 0 aliphatic carbocycles. The summed E-state index contributed by atoms with van der Waals surface area (Å²) in [5, 5.41) is 0.331. The maximum atomic E-state index is 11.9. The SMILES string of the molecule is O=Cc1c(Cl)cccc1OCC(=O)N1CCCCC1. The number of halogens is 1. The summed E-state index contributed by atoms with van der Waals surface area (Å²) in [5.41, 5.74) is 0.288. The van der Waals surface area contributed by atoms with E-state index >= 15 is 0 Å². The number of carbonyl (C=O) groups is 2. The Kier molecular flexibility index (Phi) is 4.80. The second-order valence-electron chi connectivity index (χ2n) is 4.50. The standard InChI is InChI=1S/C14H16ClNO3/c15-12-5-4-6-13(11(12)9-17)19-10-14(18)16-7-2-1-3-8-16/h4-6,9H,1-3,7-8,10H2. The van der Waals surface area contributed by atoms with Gasteiger partial charge in [0, 0.05) is 13.1 Å². The number of benzene rings is 1. The van der Waals surface area contributed by atoms with E-state index in [2.05, 4.69) is 0 Å². The number of nitrogens with zero attached hydrogens (tertiary/aromatic N) is 1. The van der Waals surface area contributed by atoms with Gasteiger partial charge in [-0.2, -0.15) is 0 Å². The Morgan fingerprint density at radius 1 is 1.32 bits per heavy atom. The van der Waals surface area contributed by atoms with Crippen molar-refractivity contribution in [2.45, 2.75) is 19.3 Å². The molecule has 4 nitrogen and oxygen atoms in total. The number of aldehydes is 1. The van der Waals surface area contributed by atoms with Crippen LogP contribution in [0.1, 0.15) is 29.6 Å². The Balaban J connectivity index is 1.96. The lowest BCUT2D eigenvalue weighted by Gasteiger charge is -2.26. The maximum Gasteiger partial charge on any atom is 0.260 e. The molecule has 1 aliphatic heterocycles. The van der Waals surface area contributed by atoms with Gasteiger partial charge in [-0.1, -0.05) is 17.7 Å². The second-order valence-corrected chi connectivity index (χ2v) is 4.91. The predicted octanol–water partition coefficient (Wildman–Crippen LogP) is 2.54. The summed E-state index contributed by atoms with van der Waals surface area (Å²) in [6.07, 6.45) is 3.91. The van der Waals surface area contributed by atoms with E-state index in [-0.39, 0.29) is 18.1 Å². The summed E-state index contributed by atoms with van der Waals surface area (Å²) in [4.78, 5) is 24.7. The van der Waals surface area contributed by atoms with Crippen molar-refractivity contribution in [2.24, 2.45) is 0 Å². The fourth-order valence-corrected chi connectivity index (χ4v) is 2.34. The van der Waals surface area contributed by atoms with Crippen LogP contribution < -0.4 is 4.74 Å². The van der Waals surface area contributed by atoms with Crippen molar-refractivity contribution in [3.63, 3.8) is 0 Å². The molecule has 0 N–H and O–H groups in total. The molecule has 1 fully saturated rings. The number of hydrogen-bond donors (Lipinski definition) is 0. The van der Waals surface area contributed by atoms with Crippen LogP contribution in [-0.4, -0.2) is 36.8 Å². The van der Waals surface area contributed by atoms with Crippen LogP contribution in [0, 0.1) is 0 Å². The van der Waals surface area contributed by atoms with Gasteiger partial charge in [-0.15, -0.1) is 0 Å². The first kappa shape index (κ1) is 13.9. The van der Waals surface area contributed by atoms with E-state index in [9.17, 15) is 9.59 Å². The first-order valence-corrected chi connectivity index (χ1v) is 6.74. The highest BCUT2D eigenvalue weighted by Crippen LogP contribution is 2.24. The summed E-state index contributed by atoms with van der Waals surface area (Å²) in [5.74, 6) is 0.310. The Labute approximate surface area is 117 Å². The number of carbonyl (C=O) groups excluding carboxylic acids is 2. The van der Waals surface area contributed by atoms with E-state index in [1.807, 2.05) is 0 Å². The molecule has 19 heavy (non-hydrogen) atoms. The molecule has 1 aliphatic rings. The van der Waals surface area contributed by atoms with Crippen LogP contribution in [0.25, 0.3) is 0 Å². The van der Waals surface area contributed by atoms with Crippen molar-refractivity contribution in [3.05, 3.63) is 28.8 Å². The molecule has 0 saturated carbocycles. The number of hydrogen-bond acceptors (Lipinski definition) is 3. The lowest BCUT2D eigenvalue weighted by Crippen LogP contribution is -2.38. The highest BCUT2D eigenvalue weighted by molar-refractivity contribution is 6.33. The number of likely N-dealkylation sites (tertiary alicyclic amines) is 1. The zero-order valence-corrected chi connectivity index (χ0v) is 11.4. The first-order valence-electron chi connectivity index (χ1n) is 6.36. The fourth-order valence-electron chi connectivity index (χ4n) is 2.13. The van der Waals surface area contributed by atoms with Crippen molar-refractivity contribution in [1.29, 1.82) is 0 Å². The average Bonchev–Trinajstić information content (AvgIpc) is 2.45. The van der Waals surface area contributed by atoms with Gasteiger partial charge < -0.3 is 9.64 Å². The number of piperidine rings is 1. The third-order valence-electron chi connectivity index (χ3n) is 3.19. The number of ether oxygens (including phenoxy) is 1. The van der Waals surface area contributed by atoms with Gasteiger partial charge in [-0.05, 0) is 31.4 Å². The number of amides is 1. The molecule has 2 rings (SSSR count). The molecule has 0 aromatic heterocycles. The molecule has 1 saturated heterocycles. The highest BCUT2D eigenvalue weighted by Gasteiger charge is 2.17. The van der Waals surface area contributed by atoms with Crippen LogP contribution in [0.15, 0.2) is 18.2 Å². The van der Waals surface area contributed by atoms with Crippen molar-refractivity contribution >= 4 is 23.8 Å². The molecule has 0 spiro atoms. The van der Waals surface area contributed by atoms with Crippen LogP contribution in [0.4, 0.5) is 0 Å². The lowest BCUT2D eigenvalue weighted by atomic mass is 10.1. The smallest absolute Gasteiger partial charge is 0.260 e. The molecule has 0 atom stereocenters. The third kappa shape index (κ3) is 3.47. The Morgan fingerprint density at radius 3 is 2.74 bits per heavy atom. The maximum absolute atomic E-state index is 11.9. The summed E-state index contributed by atoms with van der Waals surface area (Å²) in [7, 11) is 0. The van der Waals surface area contributed by atoms with E-state index in [1.165, 1.54) is 6.42 Å². The fraction of sp³-hybridized carbons (Fsp3) is 0.429. The van der Waals surface area contributed by atoms with Crippen molar-refractivity contribution in [3.8, 4) is 5.75 Å².